The highest BCUT2D eigenvalue weighted by Gasteiger charge is 2.19. The summed E-state index contributed by atoms with van der Waals surface area (Å²) in [5, 5.41) is 2.81. The lowest BCUT2D eigenvalue weighted by Gasteiger charge is -2.04. The van der Waals surface area contributed by atoms with Gasteiger partial charge in [0.25, 0.3) is 5.91 Å². The minimum atomic E-state index is -0.328. The maximum Gasteiger partial charge on any atom is 0.310 e. The maximum atomic E-state index is 12.6. The molecule has 0 saturated carbocycles. The number of rotatable bonds is 6. The van der Waals surface area contributed by atoms with Crippen LogP contribution in [0.4, 0.5) is 11.4 Å². The van der Waals surface area contributed by atoms with E-state index < -0.39 is 0 Å². The largest absolute Gasteiger partial charge is 0.466 e. The summed E-state index contributed by atoms with van der Waals surface area (Å²) in [6.07, 6.45) is 3.31. The number of carbonyl (C=O) groups excluding carboxylic acids is 2. The molecule has 2 aromatic heterocycles. The minimum absolute atomic E-state index is 0.101. The Balaban J connectivity index is 1.91. The van der Waals surface area contributed by atoms with Gasteiger partial charge in [-0.1, -0.05) is 12.1 Å². The predicted octanol–water partition coefficient (Wildman–Crippen LogP) is 3.75. The molecule has 7 heteroatoms. The molecule has 1 amide bonds. The highest BCUT2D eigenvalue weighted by atomic mass is 32.1. The Kier molecular flexibility index (Phi) is 5.83. The number of ether oxygens (including phenoxy) is 1. The molecular formula is C20H19N3O3S. The third kappa shape index (κ3) is 4.71. The summed E-state index contributed by atoms with van der Waals surface area (Å²) in [6, 6.07) is 12.6. The van der Waals surface area contributed by atoms with Crippen LogP contribution in [0.15, 0.2) is 54.9 Å². The molecule has 3 rings (SSSR count). The van der Waals surface area contributed by atoms with Crippen molar-refractivity contribution in [3.05, 3.63) is 65.3 Å². The molecule has 0 bridgehead atoms. The topological polar surface area (TPSA) is 94.3 Å². The summed E-state index contributed by atoms with van der Waals surface area (Å²) in [5.41, 5.74) is 8.67. The molecule has 0 aliphatic heterocycles. The second kappa shape index (κ2) is 8.46. The number of thiophene rings is 1. The zero-order valence-corrected chi connectivity index (χ0v) is 15.6. The number of carbonyl (C=O) groups is 2. The van der Waals surface area contributed by atoms with Crippen LogP contribution in [0.3, 0.4) is 0 Å². The molecule has 3 aromatic rings. The fraction of sp³-hybridized carbons (Fsp3) is 0.150. The summed E-state index contributed by atoms with van der Waals surface area (Å²) >= 11 is 1.32. The molecule has 0 aliphatic rings. The maximum absolute atomic E-state index is 12.6. The van der Waals surface area contributed by atoms with Gasteiger partial charge >= 0.3 is 5.97 Å². The molecule has 1 aromatic carbocycles. The first-order valence-electron chi connectivity index (χ1n) is 8.42. The van der Waals surface area contributed by atoms with Gasteiger partial charge in [-0.25, -0.2) is 0 Å². The van der Waals surface area contributed by atoms with Gasteiger partial charge in [-0.3, -0.25) is 14.6 Å². The normalized spacial score (nSPS) is 10.4. The van der Waals surface area contributed by atoms with Gasteiger partial charge in [0.15, 0.2) is 0 Å². The number of anilines is 2. The summed E-state index contributed by atoms with van der Waals surface area (Å²) in [6.45, 7) is 2.08. The van der Waals surface area contributed by atoms with Crippen molar-refractivity contribution in [1.82, 2.24) is 4.98 Å². The standard InChI is InChI=1S/C20H19N3O3S/c1-2-26-18(24)11-14-10-17(20(25)23-16-4-3-9-22-12-16)27-19(14)13-5-7-15(21)8-6-13/h3-10,12H,2,11,21H2,1H3,(H,23,25). The summed E-state index contributed by atoms with van der Waals surface area (Å²) in [4.78, 5) is 29.9. The van der Waals surface area contributed by atoms with Crippen LogP contribution in [-0.2, 0) is 16.0 Å². The predicted molar refractivity (Wildman–Crippen MR) is 107 cm³/mol. The van der Waals surface area contributed by atoms with Gasteiger partial charge in [0.05, 0.1) is 29.8 Å². The number of benzene rings is 1. The molecule has 0 radical (unpaired) electrons. The monoisotopic (exact) mass is 381 g/mol. The SMILES string of the molecule is CCOC(=O)Cc1cc(C(=O)Nc2cccnc2)sc1-c1ccc(N)cc1. The Labute approximate surface area is 161 Å². The van der Waals surface area contributed by atoms with Crippen LogP contribution in [0.2, 0.25) is 0 Å². The number of amides is 1. The van der Waals surface area contributed by atoms with Crippen LogP contribution in [0.1, 0.15) is 22.2 Å². The number of nitrogens with two attached hydrogens (primary N) is 1. The van der Waals surface area contributed by atoms with E-state index in [0.717, 1.165) is 16.0 Å². The van der Waals surface area contributed by atoms with Gasteiger partial charge in [-0.15, -0.1) is 11.3 Å². The number of nitrogen functional groups attached to an aromatic ring is 1. The van der Waals surface area contributed by atoms with E-state index in [9.17, 15) is 9.59 Å². The van der Waals surface area contributed by atoms with Crippen molar-refractivity contribution in [2.45, 2.75) is 13.3 Å². The second-order valence-corrected chi connectivity index (χ2v) is 6.82. The summed E-state index contributed by atoms with van der Waals surface area (Å²) in [5.74, 6) is -0.578. The molecule has 27 heavy (non-hydrogen) atoms. The molecule has 0 fully saturated rings. The van der Waals surface area contributed by atoms with Gasteiger partial charge in [-0.2, -0.15) is 0 Å². The number of nitrogens with zero attached hydrogens (tertiary/aromatic N) is 1. The van der Waals surface area contributed by atoms with Gasteiger partial charge in [-0.05, 0) is 48.4 Å². The molecule has 0 saturated heterocycles. The number of hydrogen-bond acceptors (Lipinski definition) is 6. The second-order valence-electron chi connectivity index (χ2n) is 5.76. The first-order valence-corrected chi connectivity index (χ1v) is 9.24. The van der Waals surface area contributed by atoms with Crippen molar-refractivity contribution in [3.63, 3.8) is 0 Å². The van der Waals surface area contributed by atoms with E-state index in [1.165, 1.54) is 11.3 Å². The fourth-order valence-electron chi connectivity index (χ4n) is 2.55. The van der Waals surface area contributed by atoms with E-state index in [2.05, 4.69) is 10.3 Å². The molecule has 0 spiro atoms. The molecule has 3 N–H and O–H groups in total. The Hall–Kier alpha value is -3.19. The minimum Gasteiger partial charge on any atom is -0.466 e. The number of nitrogens with one attached hydrogen (secondary N) is 1. The summed E-state index contributed by atoms with van der Waals surface area (Å²) < 4.78 is 5.06. The van der Waals surface area contributed by atoms with Crippen LogP contribution in [0.25, 0.3) is 10.4 Å². The Bertz CT molecular complexity index is 937. The Morgan fingerprint density at radius 1 is 1.22 bits per heavy atom. The zero-order valence-electron chi connectivity index (χ0n) is 14.8. The van der Waals surface area contributed by atoms with E-state index in [0.29, 0.717) is 22.9 Å². The lowest BCUT2D eigenvalue weighted by Crippen LogP contribution is -2.10. The molecule has 0 aliphatic carbocycles. The van der Waals surface area contributed by atoms with Crippen LogP contribution in [-0.4, -0.2) is 23.5 Å². The number of aromatic nitrogens is 1. The van der Waals surface area contributed by atoms with E-state index >= 15 is 0 Å². The van der Waals surface area contributed by atoms with Gasteiger partial charge in [0.2, 0.25) is 0 Å². The zero-order chi connectivity index (χ0) is 19.2. The number of pyridine rings is 1. The number of esters is 1. The van der Waals surface area contributed by atoms with Crippen LogP contribution >= 0.6 is 11.3 Å². The quantitative estimate of drug-likeness (QED) is 0.501. The van der Waals surface area contributed by atoms with E-state index in [-0.39, 0.29) is 18.3 Å². The lowest BCUT2D eigenvalue weighted by atomic mass is 10.1. The van der Waals surface area contributed by atoms with Crippen LogP contribution in [0.5, 0.6) is 0 Å². The van der Waals surface area contributed by atoms with Crippen molar-refractivity contribution >= 4 is 34.6 Å². The fourth-order valence-corrected chi connectivity index (χ4v) is 3.63. The van der Waals surface area contributed by atoms with E-state index in [1.807, 2.05) is 12.1 Å². The van der Waals surface area contributed by atoms with Crippen LogP contribution in [0, 0.1) is 0 Å². The lowest BCUT2D eigenvalue weighted by molar-refractivity contribution is -0.142. The molecule has 138 valence electrons. The highest BCUT2D eigenvalue weighted by Crippen LogP contribution is 2.34. The number of hydrogen-bond donors (Lipinski definition) is 2. The summed E-state index contributed by atoms with van der Waals surface area (Å²) in [7, 11) is 0. The highest BCUT2D eigenvalue weighted by molar-refractivity contribution is 7.17. The van der Waals surface area contributed by atoms with Crippen molar-refractivity contribution in [2.24, 2.45) is 0 Å². The van der Waals surface area contributed by atoms with Gasteiger partial charge in [0, 0.05) is 16.8 Å². The Morgan fingerprint density at radius 2 is 2.00 bits per heavy atom. The third-order valence-corrected chi connectivity index (χ3v) is 4.99. The smallest absolute Gasteiger partial charge is 0.310 e. The molecule has 2 heterocycles. The average molecular weight is 381 g/mol. The average Bonchev–Trinajstić information content (AvgIpc) is 3.07. The van der Waals surface area contributed by atoms with Crippen LogP contribution < -0.4 is 11.1 Å². The van der Waals surface area contributed by atoms with Crippen molar-refractivity contribution in [1.29, 1.82) is 0 Å². The molecule has 0 atom stereocenters. The first kappa shape index (κ1) is 18.6. The van der Waals surface area contributed by atoms with Crippen molar-refractivity contribution in [2.75, 3.05) is 17.7 Å². The molecule has 0 unspecified atom stereocenters. The Morgan fingerprint density at radius 3 is 2.67 bits per heavy atom. The van der Waals surface area contributed by atoms with Gasteiger partial charge in [0.1, 0.15) is 0 Å². The van der Waals surface area contributed by atoms with E-state index in [4.69, 9.17) is 10.5 Å². The van der Waals surface area contributed by atoms with E-state index in [1.54, 1.807) is 49.6 Å². The van der Waals surface area contributed by atoms with Crippen molar-refractivity contribution < 1.29 is 14.3 Å². The van der Waals surface area contributed by atoms with Crippen molar-refractivity contribution in [3.8, 4) is 10.4 Å². The first-order chi connectivity index (χ1) is 13.1. The molecular weight excluding hydrogens is 362 g/mol. The third-order valence-electron chi connectivity index (χ3n) is 3.77. The molecule has 6 nitrogen and oxygen atoms in total. The van der Waals surface area contributed by atoms with Gasteiger partial charge < -0.3 is 15.8 Å².